The molecule has 0 aliphatic carbocycles. The average molecular weight is 224 g/mol. The van der Waals surface area contributed by atoms with Gasteiger partial charge in [-0.2, -0.15) is 0 Å². The van der Waals surface area contributed by atoms with Gasteiger partial charge in [-0.15, -0.1) is 0 Å². The summed E-state index contributed by atoms with van der Waals surface area (Å²) < 4.78 is 0. The molecule has 1 aliphatic rings. The van der Waals surface area contributed by atoms with Crippen LogP contribution in [0, 0.1) is 0 Å². The Balaban J connectivity index is 2.01. The van der Waals surface area contributed by atoms with Gasteiger partial charge in [-0.25, -0.2) is 0 Å². The lowest BCUT2D eigenvalue weighted by atomic mass is 10.0. The minimum Gasteiger partial charge on any atom is -0.310 e. The van der Waals surface area contributed by atoms with E-state index in [1.807, 2.05) is 6.07 Å². The highest BCUT2D eigenvalue weighted by Crippen LogP contribution is 2.21. The zero-order valence-corrected chi connectivity index (χ0v) is 9.98. The second-order valence-corrected chi connectivity index (χ2v) is 4.65. The maximum absolute atomic E-state index is 4.79. The summed E-state index contributed by atoms with van der Waals surface area (Å²) in [6.07, 6.45) is 1.02. The van der Waals surface area contributed by atoms with Crippen molar-refractivity contribution in [1.82, 2.24) is 10.3 Å². The topological polar surface area (TPSA) is 24.9 Å². The van der Waals surface area contributed by atoms with E-state index in [0.717, 1.165) is 18.7 Å². The summed E-state index contributed by atoms with van der Waals surface area (Å²) in [5.74, 6) is 0. The summed E-state index contributed by atoms with van der Waals surface area (Å²) in [7, 11) is 0. The van der Waals surface area contributed by atoms with Gasteiger partial charge in [0.05, 0.1) is 5.69 Å². The maximum Gasteiger partial charge on any atom is 0.0705 e. The van der Waals surface area contributed by atoms with Gasteiger partial charge in [0.25, 0.3) is 0 Å². The van der Waals surface area contributed by atoms with Crippen LogP contribution in [0.25, 0.3) is 11.3 Å². The molecule has 0 fully saturated rings. The molecule has 1 aliphatic heterocycles. The molecule has 2 nitrogen and oxygen atoms in total. The molecule has 2 aromatic rings. The molecular weight excluding hydrogens is 208 g/mol. The van der Waals surface area contributed by atoms with E-state index in [1.165, 1.54) is 16.8 Å². The van der Waals surface area contributed by atoms with E-state index in [9.17, 15) is 0 Å². The van der Waals surface area contributed by atoms with Gasteiger partial charge in [-0.1, -0.05) is 36.4 Å². The van der Waals surface area contributed by atoms with Crippen LogP contribution in [0.1, 0.15) is 18.2 Å². The van der Waals surface area contributed by atoms with Gasteiger partial charge in [0.2, 0.25) is 0 Å². The fraction of sp³-hybridized carbons (Fsp3) is 0.267. The third-order valence-electron chi connectivity index (χ3n) is 3.28. The Hall–Kier alpha value is -1.67. The SMILES string of the molecule is CC1Cc2nc(-c3ccccc3)ccc2CN1. The van der Waals surface area contributed by atoms with Gasteiger partial charge in [0, 0.05) is 30.3 Å². The number of hydrogen-bond acceptors (Lipinski definition) is 2. The number of rotatable bonds is 1. The molecule has 0 amide bonds. The lowest BCUT2D eigenvalue weighted by Gasteiger charge is -2.22. The van der Waals surface area contributed by atoms with Crippen LogP contribution in [0.2, 0.25) is 0 Å². The van der Waals surface area contributed by atoms with Crippen LogP contribution in [-0.2, 0) is 13.0 Å². The molecule has 3 rings (SSSR count). The van der Waals surface area contributed by atoms with Crippen molar-refractivity contribution in [2.75, 3.05) is 0 Å². The molecule has 17 heavy (non-hydrogen) atoms. The molecule has 2 heterocycles. The Kier molecular flexibility index (Phi) is 2.65. The van der Waals surface area contributed by atoms with Gasteiger partial charge in [0.15, 0.2) is 0 Å². The molecule has 1 atom stereocenters. The molecule has 1 aromatic carbocycles. The summed E-state index contributed by atoms with van der Waals surface area (Å²) in [6.45, 7) is 3.15. The quantitative estimate of drug-likeness (QED) is 0.805. The first-order chi connectivity index (χ1) is 8.33. The molecule has 86 valence electrons. The van der Waals surface area contributed by atoms with Gasteiger partial charge in [-0.3, -0.25) is 4.98 Å². The van der Waals surface area contributed by atoms with Gasteiger partial charge >= 0.3 is 0 Å². The minimum absolute atomic E-state index is 0.529. The van der Waals surface area contributed by atoms with E-state index in [0.29, 0.717) is 6.04 Å². The number of hydrogen-bond donors (Lipinski definition) is 1. The van der Waals surface area contributed by atoms with Gasteiger partial charge < -0.3 is 5.32 Å². The first-order valence-electron chi connectivity index (χ1n) is 6.10. The van der Waals surface area contributed by atoms with Crippen molar-refractivity contribution in [2.24, 2.45) is 0 Å². The summed E-state index contributed by atoms with van der Waals surface area (Å²) in [6, 6.07) is 15.2. The number of nitrogens with one attached hydrogen (secondary N) is 1. The van der Waals surface area contributed by atoms with E-state index >= 15 is 0 Å². The Labute approximate surface area is 102 Å². The van der Waals surface area contributed by atoms with Crippen LogP contribution < -0.4 is 5.32 Å². The largest absolute Gasteiger partial charge is 0.310 e. The third kappa shape index (κ3) is 2.08. The maximum atomic E-state index is 4.79. The normalized spacial score (nSPS) is 18.8. The first-order valence-corrected chi connectivity index (χ1v) is 6.10. The van der Waals surface area contributed by atoms with Crippen molar-refractivity contribution in [1.29, 1.82) is 0 Å². The average Bonchev–Trinajstić information content (AvgIpc) is 2.39. The van der Waals surface area contributed by atoms with Gasteiger partial charge in [-0.05, 0) is 18.6 Å². The predicted molar refractivity (Wildman–Crippen MR) is 69.7 cm³/mol. The van der Waals surface area contributed by atoms with E-state index < -0.39 is 0 Å². The number of pyridine rings is 1. The zero-order chi connectivity index (χ0) is 11.7. The van der Waals surface area contributed by atoms with Crippen molar-refractivity contribution in [3.8, 4) is 11.3 Å². The smallest absolute Gasteiger partial charge is 0.0705 e. The molecule has 1 N–H and O–H groups in total. The van der Waals surface area contributed by atoms with Crippen molar-refractivity contribution in [3.05, 3.63) is 53.7 Å². The summed E-state index contributed by atoms with van der Waals surface area (Å²) in [4.78, 5) is 4.79. The molecule has 0 bridgehead atoms. The Bertz CT molecular complexity index is 520. The Morgan fingerprint density at radius 1 is 1.12 bits per heavy atom. The van der Waals surface area contributed by atoms with Crippen LogP contribution in [0.3, 0.4) is 0 Å². The lowest BCUT2D eigenvalue weighted by molar-refractivity contribution is 0.505. The van der Waals surface area contributed by atoms with Crippen LogP contribution in [-0.4, -0.2) is 11.0 Å². The van der Waals surface area contributed by atoms with Crippen molar-refractivity contribution >= 4 is 0 Å². The number of nitrogens with zero attached hydrogens (tertiary/aromatic N) is 1. The minimum atomic E-state index is 0.529. The molecule has 0 saturated heterocycles. The van der Waals surface area contributed by atoms with Gasteiger partial charge in [0.1, 0.15) is 0 Å². The van der Waals surface area contributed by atoms with Crippen LogP contribution >= 0.6 is 0 Å². The fourth-order valence-corrected chi connectivity index (χ4v) is 2.28. The number of fused-ring (bicyclic) bond motifs is 1. The van der Waals surface area contributed by atoms with E-state index in [2.05, 4.69) is 48.6 Å². The van der Waals surface area contributed by atoms with Crippen LogP contribution in [0.5, 0.6) is 0 Å². The number of benzene rings is 1. The van der Waals surface area contributed by atoms with E-state index in [4.69, 9.17) is 4.98 Å². The second kappa shape index (κ2) is 4.30. The molecule has 0 spiro atoms. The third-order valence-corrected chi connectivity index (χ3v) is 3.28. The molecule has 2 heteroatoms. The van der Waals surface area contributed by atoms with Crippen LogP contribution in [0.4, 0.5) is 0 Å². The second-order valence-electron chi connectivity index (χ2n) is 4.65. The highest BCUT2D eigenvalue weighted by Gasteiger charge is 2.15. The zero-order valence-electron chi connectivity index (χ0n) is 9.98. The van der Waals surface area contributed by atoms with E-state index in [1.54, 1.807) is 0 Å². The number of aromatic nitrogens is 1. The fourth-order valence-electron chi connectivity index (χ4n) is 2.28. The summed E-state index contributed by atoms with van der Waals surface area (Å²) in [5, 5.41) is 3.46. The monoisotopic (exact) mass is 224 g/mol. The molecule has 0 radical (unpaired) electrons. The molecule has 1 unspecified atom stereocenters. The lowest BCUT2D eigenvalue weighted by Crippen LogP contribution is -2.33. The summed E-state index contributed by atoms with van der Waals surface area (Å²) in [5.41, 5.74) is 4.86. The highest BCUT2D eigenvalue weighted by molar-refractivity contribution is 5.59. The summed E-state index contributed by atoms with van der Waals surface area (Å²) >= 11 is 0. The Morgan fingerprint density at radius 2 is 1.94 bits per heavy atom. The van der Waals surface area contributed by atoms with Crippen molar-refractivity contribution in [2.45, 2.75) is 25.9 Å². The molecule has 0 saturated carbocycles. The first kappa shape index (κ1) is 10.5. The predicted octanol–water partition coefficient (Wildman–Crippen LogP) is 2.78. The van der Waals surface area contributed by atoms with E-state index in [-0.39, 0.29) is 0 Å². The van der Waals surface area contributed by atoms with Crippen molar-refractivity contribution in [3.63, 3.8) is 0 Å². The van der Waals surface area contributed by atoms with Crippen LogP contribution in [0.15, 0.2) is 42.5 Å². The highest BCUT2D eigenvalue weighted by atomic mass is 14.9. The molecule has 1 aromatic heterocycles. The van der Waals surface area contributed by atoms with Crippen molar-refractivity contribution < 1.29 is 0 Å². The Morgan fingerprint density at radius 3 is 2.76 bits per heavy atom. The molecular formula is C15H16N2. The standard InChI is InChI=1S/C15H16N2/c1-11-9-15-13(10-16-11)7-8-14(17-15)12-5-3-2-4-6-12/h2-8,11,16H,9-10H2,1H3.